The van der Waals surface area contributed by atoms with Crippen LogP contribution in [0, 0.1) is 5.82 Å². The normalized spacial score (nSPS) is 11.1. The fourth-order valence-corrected chi connectivity index (χ4v) is 3.03. The highest BCUT2D eigenvalue weighted by Crippen LogP contribution is 2.19. The number of halogens is 1. The Morgan fingerprint density at radius 2 is 1.71 bits per heavy atom. The molecule has 0 heterocycles. The lowest BCUT2D eigenvalue weighted by atomic mass is 10.3. The quantitative estimate of drug-likeness (QED) is 0.843. The first-order valence-electron chi connectivity index (χ1n) is 6.01. The van der Waals surface area contributed by atoms with E-state index in [0.29, 0.717) is 5.69 Å². The van der Waals surface area contributed by atoms with Gasteiger partial charge >= 0.3 is 0 Å². The number of hydrogen-bond acceptors (Lipinski definition) is 4. The Hall–Kier alpha value is -2.41. The summed E-state index contributed by atoms with van der Waals surface area (Å²) in [6.07, 6.45) is 0. The van der Waals surface area contributed by atoms with Crippen LogP contribution in [0.25, 0.3) is 0 Å². The van der Waals surface area contributed by atoms with E-state index in [1.54, 1.807) is 6.07 Å². The van der Waals surface area contributed by atoms with Gasteiger partial charge < -0.3 is 11.1 Å². The van der Waals surface area contributed by atoms with Crippen LogP contribution >= 0.6 is 0 Å². The number of benzene rings is 2. The minimum Gasteiger partial charge on any atom is -0.398 e. The molecule has 0 bridgehead atoms. The lowest BCUT2D eigenvalue weighted by Crippen LogP contribution is -2.23. The van der Waals surface area contributed by atoms with E-state index in [1.807, 2.05) is 0 Å². The number of carbonyl (C=O) groups is 1. The second-order valence-electron chi connectivity index (χ2n) is 4.35. The third-order valence-corrected chi connectivity index (χ3v) is 4.39. The number of amides is 1. The Morgan fingerprint density at radius 3 is 2.33 bits per heavy atom. The van der Waals surface area contributed by atoms with Gasteiger partial charge in [-0.1, -0.05) is 12.1 Å². The molecule has 2 aromatic carbocycles. The summed E-state index contributed by atoms with van der Waals surface area (Å²) in [5.41, 5.74) is 6.01. The van der Waals surface area contributed by atoms with E-state index in [-0.39, 0.29) is 10.6 Å². The Kier molecular flexibility index (Phi) is 4.23. The second-order valence-corrected chi connectivity index (χ2v) is 6.31. The molecule has 0 atom stereocenters. The zero-order valence-corrected chi connectivity index (χ0v) is 11.7. The monoisotopic (exact) mass is 308 g/mol. The molecule has 3 N–H and O–H groups in total. The van der Waals surface area contributed by atoms with Crippen molar-refractivity contribution in [3.8, 4) is 0 Å². The molecule has 0 spiro atoms. The van der Waals surface area contributed by atoms with Crippen molar-refractivity contribution in [2.75, 3.05) is 16.8 Å². The van der Waals surface area contributed by atoms with Crippen LogP contribution in [-0.4, -0.2) is 20.1 Å². The Labute approximate surface area is 121 Å². The Morgan fingerprint density at radius 1 is 1.10 bits per heavy atom. The van der Waals surface area contributed by atoms with E-state index in [4.69, 9.17) is 5.73 Å². The first-order valence-corrected chi connectivity index (χ1v) is 7.66. The molecule has 0 aliphatic heterocycles. The lowest BCUT2D eigenvalue weighted by molar-refractivity contribution is -0.113. The van der Waals surface area contributed by atoms with Crippen LogP contribution in [0.2, 0.25) is 0 Å². The van der Waals surface area contributed by atoms with Gasteiger partial charge in [-0.3, -0.25) is 4.79 Å². The molecule has 0 radical (unpaired) electrons. The summed E-state index contributed by atoms with van der Waals surface area (Å²) in [6.45, 7) is 0. The molecular formula is C14H13FN2O3S. The number of nitrogen functional groups attached to an aromatic ring is 1. The van der Waals surface area contributed by atoms with Crippen LogP contribution in [0.15, 0.2) is 53.4 Å². The molecule has 1 amide bonds. The van der Waals surface area contributed by atoms with Crippen molar-refractivity contribution in [1.29, 1.82) is 0 Å². The van der Waals surface area contributed by atoms with Crippen molar-refractivity contribution < 1.29 is 17.6 Å². The highest BCUT2D eigenvalue weighted by molar-refractivity contribution is 7.92. The van der Waals surface area contributed by atoms with E-state index in [1.165, 1.54) is 42.5 Å². The van der Waals surface area contributed by atoms with Gasteiger partial charge in [0.25, 0.3) is 0 Å². The minimum absolute atomic E-state index is 0.0840. The molecule has 110 valence electrons. The summed E-state index contributed by atoms with van der Waals surface area (Å²) in [5.74, 6) is -1.90. The number of sulfone groups is 1. The van der Waals surface area contributed by atoms with E-state index in [9.17, 15) is 17.6 Å². The molecule has 21 heavy (non-hydrogen) atoms. The van der Waals surface area contributed by atoms with E-state index in [0.717, 1.165) is 0 Å². The molecule has 2 rings (SSSR count). The summed E-state index contributed by atoms with van der Waals surface area (Å²) in [7, 11) is -3.83. The van der Waals surface area contributed by atoms with Gasteiger partial charge in [0, 0.05) is 5.69 Å². The molecule has 0 unspecified atom stereocenters. The first kappa shape index (κ1) is 15.0. The standard InChI is InChI=1S/C14H13FN2O3S/c15-10-5-7-11(8-6-10)17-14(18)9-21(19,20)13-4-2-1-3-12(13)16/h1-8H,9,16H2,(H,17,18). The van der Waals surface area contributed by atoms with Gasteiger partial charge in [0.1, 0.15) is 11.6 Å². The zero-order valence-electron chi connectivity index (χ0n) is 10.9. The molecule has 0 saturated heterocycles. The summed E-state index contributed by atoms with van der Waals surface area (Å²) < 4.78 is 37.0. The van der Waals surface area contributed by atoms with Crippen molar-refractivity contribution in [1.82, 2.24) is 0 Å². The topological polar surface area (TPSA) is 89.3 Å². The molecule has 0 fully saturated rings. The number of anilines is 2. The molecule has 0 aliphatic rings. The number of hydrogen-bond donors (Lipinski definition) is 2. The van der Waals surface area contributed by atoms with Gasteiger partial charge in [-0.15, -0.1) is 0 Å². The third-order valence-electron chi connectivity index (χ3n) is 2.70. The van der Waals surface area contributed by atoms with Crippen LogP contribution in [0.4, 0.5) is 15.8 Å². The van der Waals surface area contributed by atoms with Crippen molar-refractivity contribution >= 4 is 27.1 Å². The smallest absolute Gasteiger partial charge is 0.239 e. The average molecular weight is 308 g/mol. The van der Waals surface area contributed by atoms with Crippen LogP contribution in [0.5, 0.6) is 0 Å². The zero-order chi connectivity index (χ0) is 15.5. The van der Waals surface area contributed by atoms with Crippen molar-refractivity contribution in [2.24, 2.45) is 0 Å². The van der Waals surface area contributed by atoms with Crippen molar-refractivity contribution in [2.45, 2.75) is 4.90 Å². The van der Waals surface area contributed by atoms with Gasteiger partial charge in [0.05, 0.1) is 10.6 Å². The average Bonchev–Trinajstić information content (AvgIpc) is 2.41. The molecule has 0 aromatic heterocycles. The predicted molar refractivity (Wildman–Crippen MR) is 77.9 cm³/mol. The highest BCUT2D eigenvalue weighted by atomic mass is 32.2. The van der Waals surface area contributed by atoms with Crippen molar-refractivity contribution in [3.63, 3.8) is 0 Å². The number of rotatable bonds is 4. The van der Waals surface area contributed by atoms with Crippen molar-refractivity contribution in [3.05, 3.63) is 54.3 Å². The maximum Gasteiger partial charge on any atom is 0.239 e. The lowest BCUT2D eigenvalue weighted by Gasteiger charge is -2.08. The van der Waals surface area contributed by atoms with Crippen LogP contribution < -0.4 is 11.1 Å². The number of nitrogens with two attached hydrogens (primary N) is 1. The van der Waals surface area contributed by atoms with E-state index in [2.05, 4.69) is 5.32 Å². The first-order chi connectivity index (χ1) is 9.88. The van der Waals surface area contributed by atoms with Gasteiger partial charge in [-0.2, -0.15) is 0 Å². The Bertz CT molecular complexity index is 758. The molecule has 2 aromatic rings. The number of nitrogens with one attached hydrogen (secondary N) is 1. The SMILES string of the molecule is Nc1ccccc1S(=O)(=O)CC(=O)Nc1ccc(F)cc1. The van der Waals surface area contributed by atoms with E-state index >= 15 is 0 Å². The molecule has 0 saturated carbocycles. The Balaban J connectivity index is 2.12. The number of para-hydroxylation sites is 1. The van der Waals surface area contributed by atoms with Crippen LogP contribution in [-0.2, 0) is 14.6 Å². The third kappa shape index (κ3) is 3.79. The predicted octanol–water partition coefficient (Wildman–Crippen LogP) is 1.82. The molecular weight excluding hydrogens is 295 g/mol. The molecule has 5 nitrogen and oxygen atoms in total. The maximum atomic E-state index is 12.7. The van der Waals surface area contributed by atoms with Gasteiger partial charge in [-0.05, 0) is 36.4 Å². The summed E-state index contributed by atoms with van der Waals surface area (Å²) in [5, 5.41) is 2.39. The second kappa shape index (κ2) is 5.92. The summed E-state index contributed by atoms with van der Waals surface area (Å²) in [4.78, 5) is 11.7. The summed E-state index contributed by atoms with van der Waals surface area (Å²) >= 11 is 0. The van der Waals surface area contributed by atoms with Crippen LogP contribution in [0.1, 0.15) is 0 Å². The van der Waals surface area contributed by atoms with Gasteiger partial charge in [-0.25, -0.2) is 12.8 Å². The fourth-order valence-electron chi connectivity index (χ4n) is 1.74. The molecule has 0 aliphatic carbocycles. The largest absolute Gasteiger partial charge is 0.398 e. The van der Waals surface area contributed by atoms with E-state index < -0.39 is 27.3 Å². The summed E-state index contributed by atoms with van der Waals surface area (Å²) in [6, 6.07) is 10.9. The van der Waals surface area contributed by atoms with Gasteiger partial charge in [0.15, 0.2) is 9.84 Å². The maximum absolute atomic E-state index is 12.7. The highest BCUT2D eigenvalue weighted by Gasteiger charge is 2.21. The minimum atomic E-state index is -3.83. The van der Waals surface area contributed by atoms with Gasteiger partial charge in [0.2, 0.25) is 5.91 Å². The van der Waals surface area contributed by atoms with Crippen LogP contribution in [0.3, 0.4) is 0 Å². The fraction of sp³-hybridized carbons (Fsp3) is 0.0714. The molecule has 7 heteroatoms. The number of carbonyl (C=O) groups excluding carboxylic acids is 1.